The van der Waals surface area contributed by atoms with Crippen LogP contribution in [0.4, 0.5) is 18.9 Å². The van der Waals surface area contributed by atoms with Crippen molar-refractivity contribution in [3.05, 3.63) is 28.2 Å². The zero-order chi connectivity index (χ0) is 13.9. The summed E-state index contributed by atoms with van der Waals surface area (Å²) in [6.45, 7) is 1.54. The van der Waals surface area contributed by atoms with Crippen LogP contribution in [-0.2, 0) is 0 Å². The molecule has 0 saturated heterocycles. The first-order valence-corrected chi connectivity index (χ1v) is 6.25. The Labute approximate surface area is 113 Å². The van der Waals surface area contributed by atoms with Crippen molar-refractivity contribution < 1.29 is 18.3 Å². The van der Waals surface area contributed by atoms with Crippen LogP contribution in [0.15, 0.2) is 22.7 Å². The summed E-state index contributed by atoms with van der Waals surface area (Å²) in [7, 11) is 1.61. The van der Waals surface area contributed by atoms with Gasteiger partial charge in [-0.05, 0) is 24.6 Å². The molecule has 0 bridgehead atoms. The molecule has 0 saturated carbocycles. The summed E-state index contributed by atoms with van der Waals surface area (Å²) in [4.78, 5) is 1.53. The molecule has 1 aromatic rings. The van der Waals surface area contributed by atoms with E-state index >= 15 is 0 Å². The number of rotatable bonds is 4. The van der Waals surface area contributed by atoms with Gasteiger partial charge in [0.25, 0.3) is 0 Å². The molecule has 18 heavy (non-hydrogen) atoms. The second-order valence-electron chi connectivity index (χ2n) is 4.17. The molecule has 0 aliphatic carbocycles. The van der Waals surface area contributed by atoms with E-state index in [0.29, 0.717) is 15.7 Å². The second kappa shape index (κ2) is 5.93. The Hall–Kier alpha value is -0.750. The fourth-order valence-corrected chi connectivity index (χ4v) is 2.21. The maximum absolute atomic E-state index is 12.1. The lowest BCUT2D eigenvalue weighted by atomic mass is 10.1. The average molecular weight is 326 g/mol. The third kappa shape index (κ3) is 4.49. The predicted octanol–water partition coefficient (Wildman–Crippen LogP) is 3.89. The number of halogens is 4. The Kier molecular flexibility index (Phi) is 5.04. The molecule has 1 atom stereocenters. The van der Waals surface area contributed by atoms with Crippen LogP contribution in [0.3, 0.4) is 0 Å². The van der Waals surface area contributed by atoms with E-state index in [0.717, 1.165) is 0 Å². The monoisotopic (exact) mass is 325 g/mol. The van der Waals surface area contributed by atoms with Crippen LogP contribution in [0.25, 0.3) is 0 Å². The zero-order valence-electron chi connectivity index (χ0n) is 10.1. The van der Waals surface area contributed by atoms with Crippen molar-refractivity contribution in [2.24, 2.45) is 0 Å². The van der Waals surface area contributed by atoms with Crippen molar-refractivity contribution in [1.82, 2.24) is 0 Å². The molecule has 1 N–H and O–H groups in total. The van der Waals surface area contributed by atoms with E-state index in [-0.39, 0.29) is 6.54 Å². The van der Waals surface area contributed by atoms with Gasteiger partial charge in [0.15, 0.2) is 0 Å². The highest BCUT2D eigenvalue weighted by Crippen LogP contribution is 2.28. The Bertz CT molecular complexity index is 407. The van der Waals surface area contributed by atoms with Crippen LogP contribution >= 0.6 is 15.9 Å². The van der Waals surface area contributed by atoms with Crippen LogP contribution in [0.2, 0.25) is 0 Å². The van der Waals surface area contributed by atoms with E-state index in [9.17, 15) is 18.3 Å². The maximum Gasteiger partial charge on any atom is 0.390 e. The molecule has 0 heterocycles. The van der Waals surface area contributed by atoms with E-state index in [1.54, 1.807) is 32.2 Å². The van der Waals surface area contributed by atoms with Gasteiger partial charge in [0.2, 0.25) is 0 Å². The van der Waals surface area contributed by atoms with Gasteiger partial charge in [0.1, 0.15) is 0 Å². The standard InChI is InChI=1S/C12H15BrF3NO/c1-8(18)10-4-3-9(7-11(10)13)17(2)6-5-12(14,15)16/h3-4,7-8,18H,5-6H2,1-2H3/t8-/m1/s1. The average Bonchev–Trinajstić information content (AvgIpc) is 2.24. The second-order valence-corrected chi connectivity index (χ2v) is 5.02. The lowest BCUT2D eigenvalue weighted by Gasteiger charge is -2.21. The first kappa shape index (κ1) is 15.3. The lowest BCUT2D eigenvalue weighted by Crippen LogP contribution is -2.24. The summed E-state index contributed by atoms with van der Waals surface area (Å²) in [5, 5.41) is 9.45. The van der Waals surface area contributed by atoms with Crippen molar-refractivity contribution in [3.8, 4) is 0 Å². The van der Waals surface area contributed by atoms with Gasteiger partial charge in [0, 0.05) is 23.8 Å². The van der Waals surface area contributed by atoms with E-state index in [1.165, 1.54) is 4.90 Å². The van der Waals surface area contributed by atoms with Gasteiger partial charge < -0.3 is 10.0 Å². The normalized spacial score (nSPS) is 13.5. The van der Waals surface area contributed by atoms with Crippen molar-refractivity contribution in [2.75, 3.05) is 18.5 Å². The van der Waals surface area contributed by atoms with Crippen molar-refractivity contribution in [1.29, 1.82) is 0 Å². The Morgan fingerprint density at radius 2 is 2.00 bits per heavy atom. The minimum Gasteiger partial charge on any atom is -0.389 e. The molecule has 0 aliphatic heterocycles. The van der Waals surface area contributed by atoms with Crippen molar-refractivity contribution in [3.63, 3.8) is 0 Å². The fourth-order valence-electron chi connectivity index (χ4n) is 1.52. The van der Waals surface area contributed by atoms with Gasteiger partial charge >= 0.3 is 6.18 Å². The molecule has 0 aliphatic rings. The van der Waals surface area contributed by atoms with Gasteiger partial charge in [-0.2, -0.15) is 13.2 Å². The van der Waals surface area contributed by atoms with E-state index in [1.807, 2.05) is 0 Å². The predicted molar refractivity (Wildman–Crippen MR) is 68.7 cm³/mol. The highest BCUT2D eigenvalue weighted by atomic mass is 79.9. The molecule has 1 rings (SSSR count). The maximum atomic E-state index is 12.1. The molecule has 1 aromatic carbocycles. The zero-order valence-corrected chi connectivity index (χ0v) is 11.7. The van der Waals surface area contributed by atoms with E-state index in [2.05, 4.69) is 15.9 Å². The topological polar surface area (TPSA) is 23.5 Å². The van der Waals surface area contributed by atoms with E-state index < -0.39 is 18.7 Å². The van der Waals surface area contributed by atoms with Gasteiger partial charge in [-0.1, -0.05) is 22.0 Å². The number of hydrogen-bond acceptors (Lipinski definition) is 2. The number of aliphatic hydroxyl groups is 1. The number of aliphatic hydroxyl groups excluding tert-OH is 1. The summed E-state index contributed by atoms with van der Waals surface area (Å²) in [6.07, 6.45) is -5.61. The number of alkyl halides is 3. The molecule has 0 spiro atoms. The van der Waals surface area contributed by atoms with Crippen LogP contribution in [0.5, 0.6) is 0 Å². The summed E-state index contributed by atoms with van der Waals surface area (Å²) < 4.78 is 37.0. The largest absolute Gasteiger partial charge is 0.390 e. The van der Waals surface area contributed by atoms with Crippen molar-refractivity contribution in [2.45, 2.75) is 25.6 Å². The quantitative estimate of drug-likeness (QED) is 0.907. The molecule has 6 heteroatoms. The van der Waals surface area contributed by atoms with Gasteiger partial charge in [0.05, 0.1) is 12.5 Å². The molecule has 0 unspecified atom stereocenters. The molecule has 0 radical (unpaired) electrons. The van der Waals surface area contributed by atoms with E-state index in [4.69, 9.17) is 0 Å². The summed E-state index contributed by atoms with van der Waals surface area (Å²) in [5.41, 5.74) is 1.39. The molecule has 0 amide bonds. The fraction of sp³-hybridized carbons (Fsp3) is 0.500. The molecular formula is C12H15BrF3NO. The number of hydrogen-bond donors (Lipinski definition) is 1. The lowest BCUT2D eigenvalue weighted by molar-refractivity contribution is -0.132. The molecule has 0 fully saturated rings. The van der Waals surface area contributed by atoms with Crippen LogP contribution in [0.1, 0.15) is 25.0 Å². The third-order valence-corrected chi connectivity index (χ3v) is 3.29. The Morgan fingerprint density at radius 1 is 1.39 bits per heavy atom. The highest BCUT2D eigenvalue weighted by molar-refractivity contribution is 9.10. The summed E-state index contributed by atoms with van der Waals surface area (Å²) in [6, 6.07) is 5.11. The van der Waals surface area contributed by atoms with Gasteiger partial charge in [-0.15, -0.1) is 0 Å². The SMILES string of the molecule is C[C@@H](O)c1ccc(N(C)CCC(F)(F)F)cc1Br. The van der Waals surface area contributed by atoms with Crippen molar-refractivity contribution >= 4 is 21.6 Å². The van der Waals surface area contributed by atoms with Crippen LogP contribution in [-0.4, -0.2) is 24.9 Å². The van der Waals surface area contributed by atoms with Crippen LogP contribution < -0.4 is 4.90 Å². The number of benzene rings is 1. The minimum absolute atomic E-state index is 0.0933. The Morgan fingerprint density at radius 3 is 2.44 bits per heavy atom. The molecule has 102 valence electrons. The summed E-state index contributed by atoms with van der Waals surface area (Å²) >= 11 is 3.30. The van der Waals surface area contributed by atoms with Gasteiger partial charge in [-0.25, -0.2) is 0 Å². The Balaban J connectivity index is 2.75. The molecule has 0 aromatic heterocycles. The third-order valence-electron chi connectivity index (χ3n) is 2.61. The summed E-state index contributed by atoms with van der Waals surface area (Å²) in [5.74, 6) is 0. The minimum atomic E-state index is -4.15. The first-order chi connectivity index (χ1) is 8.20. The van der Waals surface area contributed by atoms with Crippen LogP contribution in [0, 0.1) is 0 Å². The highest BCUT2D eigenvalue weighted by Gasteiger charge is 2.27. The number of anilines is 1. The smallest absolute Gasteiger partial charge is 0.389 e. The number of nitrogens with zero attached hydrogens (tertiary/aromatic N) is 1. The molecule has 2 nitrogen and oxygen atoms in total. The first-order valence-electron chi connectivity index (χ1n) is 5.46. The molecular weight excluding hydrogens is 311 g/mol. The van der Waals surface area contributed by atoms with Gasteiger partial charge in [-0.3, -0.25) is 0 Å².